The van der Waals surface area contributed by atoms with Crippen LogP contribution < -0.4 is 4.74 Å². The number of unbranched alkanes of at least 4 members (excludes halogenated alkanes) is 2. The van der Waals surface area contributed by atoms with E-state index in [0.29, 0.717) is 6.61 Å². The fourth-order valence-corrected chi connectivity index (χ4v) is 25.1. The van der Waals surface area contributed by atoms with E-state index in [9.17, 15) is 0 Å². The van der Waals surface area contributed by atoms with Gasteiger partial charge in [0.15, 0.2) is 0 Å². The third-order valence-electron chi connectivity index (χ3n) is 29.5. The normalized spacial score (nSPS) is 30.4. The second kappa shape index (κ2) is 20.3. The van der Waals surface area contributed by atoms with Crippen LogP contribution in [-0.2, 0) is 21.0 Å². The van der Waals surface area contributed by atoms with Crippen LogP contribution in [0.15, 0.2) is 183 Å². The lowest BCUT2D eigenvalue weighted by Gasteiger charge is -2.48. The van der Waals surface area contributed by atoms with E-state index in [2.05, 4.69) is 225 Å². The molecule has 9 aromatic rings. The molecule has 0 radical (unpaired) electrons. The third-order valence-corrected chi connectivity index (χ3v) is 29.5. The Labute approximate surface area is 554 Å². The van der Waals surface area contributed by atoms with Gasteiger partial charge in [0.2, 0.25) is 0 Å². The van der Waals surface area contributed by atoms with E-state index in [-0.39, 0.29) is 48.7 Å². The zero-order chi connectivity index (χ0) is 63.1. The maximum Gasteiger partial charge on any atom is 0.119 e. The van der Waals surface area contributed by atoms with Gasteiger partial charge in [-0.3, -0.25) is 0 Å². The number of ether oxygens (including phenoxy) is 2. The van der Waals surface area contributed by atoms with Crippen LogP contribution >= 0.6 is 0 Å². The highest BCUT2D eigenvalue weighted by molar-refractivity contribution is 6.00. The van der Waals surface area contributed by atoms with Crippen molar-refractivity contribution in [2.75, 3.05) is 13.2 Å². The van der Waals surface area contributed by atoms with Crippen LogP contribution in [0.25, 0.3) is 88.7 Å². The number of hydrogen-bond donors (Lipinski definition) is 0. The number of hydrogen-bond acceptors (Lipinski definition) is 2. The Hall–Kier alpha value is -7.42. The van der Waals surface area contributed by atoms with Crippen molar-refractivity contribution < 1.29 is 9.47 Å². The zero-order valence-corrected chi connectivity index (χ0v) is 56.6. The lowest BCUT2D eigenvalue weighted by Crippen LogP contribution is -2.45. The van der Waals surface area contributed by atoms with Crippen LogP contribution in [0.4, 0.5) is 0 Å². The molecule has 6 bridgehead atoms. The van der Waals surface area contributed by atoms with Crippen molar-refractivity contribution in [3.05, 3.63) is 222 Å². The lowest BCUT2D eigenvalue weighted by atomic mass is 9.54. The minimum atomic E-state index is -0.0650. The van der Waals surface area contributed by atoms with Gasteiger partial charge in [-0.1, -0.05) is 169 Å². The summed E-state index contributed by atoms with van der Waals surface area (Å²) >= 11 is 0. The number of benzene rings is 9. The topological polar surface area (TPSA) is 18.5 Å². The summed E-state index contributed by atoms with van der Waals surface area (Å²) in [6.07, 6.45) is 25.3. The van der Waals surface area contributed by atoms with Crippen LogP contribution in [0, 0.1) is 39.4 Å². The van der Waals surface area contributed by atoms with E-state index in [1.54, 1.807) is 55.6 Å². The van der Waals surface area contributed by atoms with Gasteiger partial charge in [0, 0.05) is 16.2 Å². The van der Waals surface area contributed by atoms with E-state index in [1.807, 2.05) is 0 Å². The van der Waals surface area contributed by atoms with E-state index in [1.165, 1.54) is 181 Å². The molecule has 0 aliphatic heterocycles. The molecule has 18 rings (SSSR count). The molecular weight excluding hydrogens is 1120 g/mol. The Kier molecular flexibility index (Phi) is 12.7. The van der Waals surface area contributed by atoms with Crippen LogP contribution in [0.1, 0.15) is 202 Å². The summed E-state index contributed by atoms with van der Waals surface area (Å²) in [6, 6.07) is 69.2. The number of fused-ring (bicyclic) bond motifs is 10. The molecule has 9 aliphatic rings. The lowest BCUT2D eigenvalue weighted by molar-refractivity contribution is 0.162. The summed E-state index contributed by atoms with van der Waals surface area (Å²) in [7, 11) is 0. The first-order valence-electron chi connectivity index (χ1n) is 36.6. The van der Waals surface area contributed by atoms with Gasteiger partial charge in [-0.25, -0.2) is 0 Å². The summed E-state index contributed by atoms with van der Waals surface area (Å²) in [5, 5.41) is 2.75. The molecule has 2 nitrogen and oxygen atoms in total. The smallest absolute Gasteiger partial charge is 0.119 e. The van der Waals surface area contributed by atoms with Crippen molar-refractivity contribution in [2.45, 2.75) is 187 Å². The monoisotopic (exact) mass is 1220 g/mol. The molecule has 6 saturated carbocycles. The molecule has 0 aromatic heterocycles. The van der Waals surface area contributed by atoms with Gasteiger partial charge >= 0.3 is 0 Å². The fourth-order valence-electron chi connectivity index (χ4n) is 25.1. The predicted octanol–water partition coefficient (Wildman–Crippen LogP) is 24.7. The van der Waals surface area contributed by atoms with Crippen molar-refractivity contribution >= 4 is 10.8 Å². The van der Waals surface area contributed by atoms with Crippen LogP contribution in [0.3, 0.4) is 0 Å². The quantitative estimate of drug-likeness (QED) is 0.0709. The molecule has 0 N–H and O–H groups in total. The standard InChI is InChI=1S/C91H94O2/c1-9-85-43-45-86(10-2,46-44-85)90(85)79-55-65(30-37-73(79)75-57-82-76(58-81(75)90)74-38-31-66(69-34-21-59(6)68-19-15-16-20-70(68)69)56-80(74)91(82)87(11-3)47-49-88(91,12-4)50-48-87)64-29-36-72-71-35-28-63(53-77(71)89(78(72)54-64)83(7)39-41-84(89,8)42-40-83)62-24-22-60(23-25-62)61-26-32-67(33-27-61)93-52-18-14-17-51-92-13-5/h13,15-16,19-38,53-58H,5,9-12,14,17-18,39-52H2,1-4,6-8H3. The molecular formula is C91H94O2. The molecule has 470 valence electrons. The van der Waals surface area contributed by atoms with E-state index in [4.69, 9.17) is 9.47 Å². The minimum Gasteiger partial charge on any atom is -0.502 e. The first kappa shape index (κ1) is 58.2. The Morgan fingerprint density at radius 1 is 0.344 bits per heavy atom. The van der Waals surface area contributed by atoms with Gasteiger partial charge < -0.3 is 9.47 Å². The van der Waals surface area contributed by atoms with Gasteiger partial charge in [0.1, 0.15) is 5.75 Å². The van der Waals surface area contributed by atoms with Crippen LogP contribution in [-0.4, -0.2) is 13.2 Å². The molecule has 6 fully saturated rings. The van der Waals surface area contributed by atoms with Gasteiger partial charge in [-0.05, 0) is 338 Å². The molecule has 9 aliphatic carbocycles. The fraction of sp³-hybridized carbons (Fsp3) is 0.407. The predicted molar refractivity (Wildman–Crippen MR) is 387 cm³/mol. The maximum atomic E-state index is 6.12. The number of aryl methyl sites for hydroxylation is 1. The molecule has 3 spiro atoms. The van der Waals surface area contributed by atoms with Crippen molar-refractivity contribution in [1.82, 2.24) is 0 Å². The Bertz CT molecular complexity index is 4500. The largest absolute Gasteiger partial charge is 0.502 e. The Balaban J connectivity index is 0.749. The molecule has 0 amide bonds. The van der Waals surface area contributed by atoms with Crippen molar-refractivity contribution in [2.24, 2.45) is 32.5 Å². The second-order valence-corrected chi connectivity index (χ2v) is 31.9. The average molecular weight is 1220 g/mol. The van der Waals surface area contributed by atoms with Gasteiger partial charge in [-0.15, -0.1) is 0 Å². The average Bonchev–Trinajstić information content (AvgIpc) is 1.47. The van der Waals surface area contributed by atoms with E-state index >= 15 is 0 Å². The van der Waals surface area contributed by atoms with Crippen molar-refractivity contribution in [1.29, 1.82) is 0 Å². The summed E-state index contributed by atoms with van der Waals surface area (Å²) in [5.74, 6) is 0.924. The Morgan fingerprint density at radius 2 is 0.699 bits per heavy atom. The highest BCUT2D eigenvalue weighted by atomic mass is 16.5. The molecule has 9 aromatic carbocycles. The van der Waals surface area contributed by atoms with Gasteiger partial charge in [-0.2, -0.15) is 0 Å². The summed E-state index contributed by atoms with van der Waals surface area (Å²) < 4.78 is 11.4. The molecule has 0 saturated heterocycles. The highest BCUT2D eigenvalue weighted by Crippen LogP contribution is 2.85. The second-order valence-electron chi connectivity index (χ2n) is 31.9. The van der Waals surface area contributed by atoms with E-state index < -0.39 is 0 Å². The van der Waals surface area contributed by atoms with Gasteiger partial charge in [0.05, 0.1) is 19.5 Å². The zero-order valence-electron chi connectivity index (χ0n) is 56.6. The molecule has 0 heterocycles. The third kappa shape index (κ3) is 7.07. The Morgan fingerprint density at radius 3 is 1.16 bits per heavy atom. The minimum absolute atomic E-state index is 0.0301. The number of rotatable bonds is 16. The first-order valence-corrected chi connectivity index (χ1v) is 36.6. The first-order chi connectivity index (χ1) is 45.3. The summed E-state index contributed by atoms with van der Waals surface area (Å²) in [4.78, 5) is 0. The van der Waals surface area contributed by atoms with Crippen molar-refractivity contribution in [3.63, 3.8) is 0 Å². The summed E-state index contributed by atoms with van der Waals surface area (Å²) in [6.45, 7) is 23.0. The van der Waals surface area contributed by atoms with E-state index in [0.717, 1.165) is 31.6 Å². The molecule has 2 heteroatoms. The van der Waals surface area contributed by atoms with Gasteiger partial charge in [0.25, 0.3) is 0 Å². The SMILES string of the molecule is C=COCCCCCOc1ccc(-c2ccc(-c3ccc4c(c3)C3(c5cc(-c6ccc7c(c6)C6(c8cc9c(cc8-7)C7(c8cc(-c%10ccc(C)c%11ccccc%10%11)ccc8-9)C8(CC)CCC7(CC)CC8)C7(CC)CCC6(CC)CC7)ccc5-4)C4(C)CCC3(C)CC4)cc2)cc1. The molecule has 0 atom stereocenters. The maximum absolute atomic E-state index is 6.12. The van der Waals surface area contributed by atoms with Crippen LogP contribution in [0.5, 0.6) is 5.75 Å². The molecule has 93 heavy (non-hydrogen) atoms. The van der Waals surface area contributed by atoms with Crippen LogP contribution in [0.2, 0.25) is 0 Å². The highest BCUT2D eigenvalue weighted by Gasteiger charge is 2.77. The van der Waals surface area contributed by atoms with Crippen molar-refractivity contribution in [3.8, 4) is 83.6 Å². The molecule has 0 unspecified atom stereocenters. The summed E-state index contributed by atoms with van der Waals surface area (Å²) in [5.41, 5.74) is 32.1.